The van der Waals surface area contributed by atoms with E-state index in [9.17, 15) is 4.79 Å². The second kappa shape index (κ2) is 5.02. The molecular formula is C12H13ClN4OS. The molecule has 2 aromatic rings. The lowest BCUT2D eigenvalue weighted by atomic mass is 10.3. The molecule has 0 atom stereocenters. The minimum atomic E-state index is 0.00102. The highest BCUT2D eigenvalue weighted by molar-refractivity contribution is 7.98. The number of imidazole rings is 1. The van der Waals surface area contributed by atoms with Crippen molar-refractivity contribution < 1.29 is 0 Å². The summed E-state index contributed by atoms with van der Waals surface area (Å²) in [5.74, 6) is 0.636. The normalized spacial score (nSPS) is 13.8. The number of nitrogens with one attached hydrogen (secondary N) is 1. The predicted molar refractivity (Wildman–Crippen MR) is 74.7 cm³/mol. The summed E-state index contributed by atoms with van der Waals surface area (Å²) in [6.07, 6.45) is 4.44. The maximum atomic E-state index is 11.9. The first-order valence-corrected chi connectivity index (χ1v) is 7.42. The van der Waals surface area contributed by atoms with Gasteiger partial charge in [0.1, 0.15) is 0 Å². The molecule has 0 spiro atoms. The van der Waals surface area contributed by atoms with Gasteiger partial charge in [-0.05, 0) is 19.3 Å². The Morgan fingerprint density at radius 2 is 2.37 bits per heavy atom. The molecule has 0 bridgehead atoms. The van der Waals surface area contributed by atoms with Crippen molar-refractivity contribution in [1.82, 2.24) is 19.5 Å². The van der Waals surface area contributed by atoms with Crippen LogP contribution >= 0.6 is 23.4 Å². The quantitative estimate of drug-likeness (QED) is 0.694. The van der Waals surface area contributed by atoms with Gasteiger partial charge in [0.05, 0.1) is 17.7 Å². The van der Waals surface area contributed by atoms with Crippen LogP contribution in [0.5, 0.6) is 0 Å². The standard InChI is InChI=1S/C12H13ClN4OS/c1-17-6-14-10(13)9(17)5-19-12-15-8-4-2-3-7(8)11(18)16-12/h6H,2-5H2,1H3,(H,15,16,18). The van der Waals surface area contributed by atoms with Crippen molar-refractivity contribution in [3.05, 3.63) is 38.8 Å². The Balaban J connectivity index is 1.81. The molecule has 0 aromatic carbocycles. The van der Waals surface area contributed by atoms with E-state index in [1.54, 1.807) is 6.33 Å². The molecule has 0 fully saturated rings. The Labute approximate surface area is 119 Å². The monoisotopic (exact) mass is 296 g/mol. The van der Waals surface area contributed by atoms with Gasteiger partial charge in [-0.15, -0.1) is 0 Å². The van der Waals surface area contributed by atoms with Gasteiger partial charge in [0.25, 0.3) is 5.56 Å². The fraction of sp³-hybridized carbons (Fsp3) is 0.417. The first kappa shape index (κ1) is 12.7. The van der Waals surface area contributed by atoms with Crippen LogP contribution in [0, 0.1) is 0 Å². The lowest BCUT2D eigenvalue weighted by molar-refractivity contribution is 0.855. The molecule has 1 aliphatic rings. The Hall–Kier alpha value is -1.27. The maximum Gasteiger partial charge on any atom is 0.254 e. The van der Waals surface area contributed by atoms with Gasteiger partial charge in [0.15, 0.2) is 10.3 Å². The summed E-state index contributed by atoms with van der Waals surface area (Å²) in [6, 6.07) is 0. The van der Waals surface area contributed by atoms with Crippen LogP contribution in [0.3, 0.4) is 0 Å². The minimum Gasteiger partial charge on any atom is -0.336 e. The third-order valence-electron chi connectivity index (χ3n) is 3.27. The Bertz CT molecular complexity index is 659. The number of aromatic amines is 1. The summed E-state index contributed by atoms with van der Waals surface area (Å²) >= 11 is 7.47. The van der Waals surface area contributed by atoms with Gasteiger partial charge in [-0.2, -0.15) is 0 Å². The average Bonchev–Trinajstić information content (AvgIpc) is 2.96. The molecule has 1 aliphatic carbocycles. The number of H-pyrrole nitrogens is 1. The van der Waals surface area contributed by atoms with Crippen LogP contribution in [0.4, 0.5) is 0 Å². The molecule has 0 amide bonds. The first-order valence-electron chi connectivity index (χ1n) is 6.05. The van der Waals surface area contributed by atoms with E-state index in [0.717, 1.165) is 36.2 Å². The molecule has 19 heavy (non-hydrogen) atoms. The van der Waals surface area contributed by atoms with E-state index in [4.69, 9.17) is 11.6 Å². The number of nitrogens with zero attached hydrogens (tertiary/aromatic N) is 3. The number of aryl methyl sites for hydroxylation is 2. The van der Waals surface area contributed by atoms with Gasteiger partial charge in [-0.3, -0.25) is 4.79 Å². The average molecular weight is 297 g/mol. The molecule has 100 valence electrons. The van der Waals surface area contributed by atoms with E-state index in [-0.39, 0.29) is 5.56 Å². The van der Waals surface area contributed by atoms with E-state index >= 15 is 0 Å². The summed E-state index contributed by atoms with van der Waals surface area (Å²) in [4.78, 5) is 23.2. The van der Waals surface area contributed by atoms with Crippen molar-refractivity contribution in [2.75, 3.05) is 0 Å². The molecular weight excluding hydrogens is 284 g/mol. The molecule has 0 unspecified atom stereocenters. The SMILES string of the molecule is Cn1cnc(Cl)c1CSc1nc2c(c(=O)[nH]1)CCC2. The topological polar surface area (TPSA) is 63.6 Å². The molecule has 2 heterocycles. The van der Waals surface area contributed by atoms with Gasteiger partial charge in [0, 0.05) is 18.4 Å². The van der Waals surface area contributed by atoms with Crippen LogP contribution < -0.4 is 5.56 Å². The smallest absolute Gasteiger partial charge is 0.254 e. The zero-order valence-corrected chi connectivity index (χ0v) is 12.0. The van der Waals surface area contributed by atoms with E-state index in [0.29, 0.717) is 16.1 Å². The highest BCUT2D eigenvalue weighted by atomic mass is 35.5. The molecule has 0 saturated heterocycles. The van der Waals surface area contributed by atoms with Gasteiger partial charge in [0.2, 0.25) is 0 Å². The van der Waals surface area contributed by atoms with Crippen LogP contribution in [0.1, 0.15) is 23.4 Å². The van der Waals surface area contributed by atoms with Crippen LogP contribution in [0.25, 0.3) is 0 Å². The number of fused-ring (bicyclic) bond motifs is 1. The molecule has 5 nitrogen and oxygen atoms in total. The zero-order chi connectivity index (χ0) is 13.4. The number of hydrogen-bond acceptors (Lipinski definition) is 4. The van der Waals surface area contributed by atoms with Crippen LogP contribution in [-0.2, 0) is 25.6 Å². The van der Waals surface area contributed by atoms with Gasteiger partial charge in [-0.25, -0.2) is 9.97 Å². The van der Waals surface area contributed by atoms with Crippen molar-refractivity contribution in [2.24, 2.45) is 7.05 Å². The molecule has 1 N–H and O–H groups in total. The van der Waals surface area contributed by atoms with Gasteiger partial charge >= 0.3 is 0 Å². The maximum absolute atomic E-state index is 11.9. The van der Waals surface area contributed by atoms with Gasteiger partial charge in [-0.1, -0.05) is 23.4 Å². The number of hydrogen-bond donors (Lipinski definition) is 1. The highest BCUT2D eigenvalue weighted by Gasteiger charge is 2.17. The van der Waals surface area contributed by atoms with E-state index in [1.165, 1.54) is 11.8 Å². The molecule has 7 heteroatoms. The van der Waals surface area contributed by atoms with E-state index in [1.807, 2.05) is 11.6 Å². The van der Waals surface area contributed by atoms with Crippen LogP contribution in [-0.4, -0.2) is 19.5 Å². The van der Waals surface area contributed by atoms with Gasteiger partial charge < -0.3 is 9.55 Å². The fourth-order valence-corrected chi connectivity index (χ4v) is 3.49. The summed E-state index contributed by atoms with van der Waals surface area (Å²) < 4.78 is 1.88. The summed E-state index contributed by atoms with van der Waals surface area (Å²) in [6.45, 7) is 0. The molecule has 0 saturated carbocycles. The van der Waals surface area contributed by atoms with Crippen molar-refractivity contribution in [2.45, 2.75) is 30.2 Å². The lowest BCUT2D eigenvalue weighted by Gasteiger charge is -2.04. The van der Waals surface area contributed by atoms with Crippen LogP contribution in [0.2, 0.25) is 5.15 Å². The molecule has 2 aromatic heterocycles. The number of halogens is 1. The summed E-state index contributed by atoms with van der Waals surface area (Å²) in [7, 11) is 1.90. The number of rotatable bonds is 3. The molecule has 0 aliphatic heterocycles. The zero-order valence-electron chi connectivity index (χ0n) is 10.4. The first-order chi connectivity index (χ1) is 9.15. The molecule has 0 radical (unpaired) electrons. The van der Waals surface area contributed by atoms with Crippen molar-refractivity contribution in [3.8, 4) is 0 Å². The van der Waals surface area contributed by atoms with E-state index in [2.05, 4.69) is 15.0 Å². The predicted octanol–water partition coefficient (Wildman–Crippen LogP) is 1.94. The number of aromatic nitrogens is 4. The lowest BCUT2D eigenvalue weighted by Crippen LogP contribution is -2.15. The summed E-state index contributed by atoms with van der Waals surface area (Å²) in [5.41, 5.74) is 2.72. The Kier molecular flexibility index (Phi) is 3.36. The van der Waals surface area contributed by atoms with Crippen molar-refractivity contribution in [3.63, 3.8) is 0 Å². The van der Waals surface area contributed by atoms with Crippen molar-refractivity contribution >= 4 is 23.4 Å². The Morgan fingerprint density at radius 3 is 3.11 bits per heavy atom. The van der Waals surface area contributed by atoms with E-state index < -0.39 is 0 Å². The third-order valence-corrected chi connectivity index (χ3v) is 4.47. The highest BCUT2D eigenvalue weighted by Crippen LogP contribution is 2.24. The minimum absolute atomic E-state index is 0.00102. The largest absolute Gasteiger partial charge is 0.336 e. The third kappa shape index (κ3) is 2.42. The fourth-order valence-electron chi connectivity index (χ4n) is 2.21. The van der Waals surface area contributed by atoms with Crippen LogP contribution in [0.15, 0.2) is 16.3 Å². The number of thioether (sulfide) groups is 1. The van der Waals surface area contributed by atoms with Crippen molar-refractivity contribution in [1.29, 1.82) is 0 Å². The second-order valence-electron chi connectivity index (χ2n) is 4.53. The Morgan fingerprint density at radius 1 is 1.53 bits per heavy atom. The summed E-state index contributed by atoms with van der Waals surface area (Å²) in [5, 5.41) is 1.15. The molecule has 3 rings (SSSR count). The second-order valence-corrected chi connectivity index (χ2v) is 5.85.